The van der Waals surface area contributed by atoms with Gasteiger partial charge in [0.05, 0.1) is 0 Å². The number of amidine groups is 1. The van der Waals surface area contributed by atoms with Gasteiger partial charge in [-0.25, -0.2) is 0 Å². The zero-order chi connectivity index (χ0) is 11.7. The van der Waals surface area contributed by atoms with E-state index in [-0.39, 0.29) is 5.84 Å². The van der Waals surface area contributed by atoms with Crippen molar-refractivity contribution < 1.29 is 0 Å². The molecule has 4 heteroatoms. The Morgan fingerprint density at radius 3 is 2.88 bits per heavy atom. The lowest BCUT2D eigenvalue weighted by atomic mass is 10.1. The van der Waals surface area contributed by atoms with E-state index >= 15 is 0 Å². The maximum Gasteiger partial charge on any atom is 0.124 e. The predicted octanol–water partition coefficient (Wildman–Crippen LogP) is 2.61. The first-order chi connectivity index (χ1) is 7.59. The number of anilines is 1. The van der Waals surface area contributed by atoms with Crippen LogP contribution in [0.1, 0.15) is 25.3 Å². The number of nitrogens with zero attached hydrogens (tertiary/aromatic N) is 1. The number of nitrogens with one attached hydrogen (secondary N) is 1. The summed E-state index contributed by atoms with van der Waals surface area (Å²) in [6.07, 6.45) is 2.39. The molecule has 3 N–H and O–H groups in total. The Kier molecular flexibility index (Phi) is 3.06. The Hall–Kier alpha value is -1.22. The average Bonchev–Trinajstić information content (AvgIpc) is 2.64. The molecule has 1 aromatic carbocycles. The van der Waals surface area contributed by atoms with Gasteiger partial charge in [-0.3, -0.25) is 5.41 Å². The van der Waals surface area contributed by atoms with Crippen molar-refractivity contribution in [3.8, 4) is 0 Å². The third-order valence-corrected chi connectivity index (χ3v) is 3.35. The number of benzene rings is 1. The highest BCUT2D eigenvalue weighted by Gasteiger charge is 2.23. The van der Waals surface area contributed by atoms with Gasteiger partial charge in [0.2, 0.25) is 0 Å². The molecule has 0 aliphatic carbocycles. The summed E-state index contributed by atoms with van der Waals surface area (Å²) >= 11 is 5.93. The fourth-order valence-electron chi connectivity index (χ4n) is 2.27. The second-order valence-electron chi connectivity index (χ2n) is 4.26. The molecule has 1 saturated heterocycles. The summed E-state index contributed by atoms with van der Waals surface area (Å²) in [5, 5.41) is 8.22. The van der Waals surface area contributed by atoms with Gasteiger partial charge in [0, 0.05) is 28.9 Å². The lowest BCUT2D eigenvalue weighted by molar-refractivity contribution is 0.734. The molecule has 1 heterocycles. The Morgan fingerprint density at radius 2 is 2.31 bits per heavy atom. The number of nitrogens with two attached hydrogens (primary N) is 1. The Labute approximate surface area is 101 Å². The van der Waals surface area contributed by atoms with E-state index in [2.05, 4.69) is 11.8 Å². The molecule has 2 rings (SSSR count). The van der Waals surface area contributed by atoms with Gasteiger partial charge in [0.25, 0.3) is 0 Å². The van der Waals surface area contributed by atoms with E-state index in [0.717, 1.165) is 17.8 Å². The van der Waals surface area contributed by atoms with Crippen molar-refractivity contribution in [3.05, 3.63) is 28.8 Å². The van der Waals surface area contributed by atoms with Crippen LogP contribution >= 0.6 is 11.6 Å². The number of nitrogen functional groups attached to an aromatic ring is 1. The predicted molar refractivity (Wildman–Crippen MR) is 68.5 cm³/mol. The Balaban J connectivity index is 2.43. The second kappa shape index (κ2) is 4.34. The molecular formula is C12H16ClN3. The van der Waals surface area contributed by atoms with Crippen LogP contribution in [0.15, 0.2) is 18.2 Å². The van der Waals surface area contributed by atoms with Crippen LogP contribution in [0.5, 0.6) is 0 Å². The van der Waals surface area contributed by atoms with Crippen molar-refractivity contribution in [2.24, 2.45) is 5.73 Å². The highest BCUT2D eigenvalue weighted by molar-refractivity contribution is 6.31. The largest absolute Gasteiger partial charge is 0.384 e. The molecule has 0 bridgehead atoms. The summed E-state index contributed by atoms with van der Waals surface area (Å²) in [7, 11) is 0. The zero-order valence-corrected chi connectivity index (χ0v) is 10.1. The van der Waals surface area contributed by atoms with E-state index in [0.29, 0.717) is 11.1 Å². The van der Waals surface area contributed by atoms with Gasteiger partial charge in [0.15, 0.2) is 0 Å². The van der Waals surface area contributed by atoms with Crippen LogP contribution in [-0.4, -0.2) is 18.4 Å². The lowest BCUT2D eigenvalue weighted by Crippen LogP contribution is -2.29. The van der Waals surface area contributed by atoms with Crippen LogP contribution in [0.2, 0.25) is 5.02 Å². The van der Waals surface area contributed by atoms with Gasteiger partial charge in [-0.2, -0.15) is 0 Å². The van der Waals surface area contributed by atoms with E-state index in [1.165, 1.54) is 12.8 Å². The van der Waals surface area contributed by atoms with Crippen LogP contribution < -0.4 is 10.6 Å². The summed E-state index contributed by atoms with van der Waals surface area (Å²) in [6.45, 7) is 3.23. The van der Waals surface area contributed by atoms with Crippen molar-refractivity contribution in [2.75, 3.05) is 11.4 Å². The van der Waals surface area contributed by atoms with Crippen LogP contribution in [0.3, 0.4) is 0 Å². The number of hydrogen-bond acceptors (Lipinski definition) is 2. The van der Waals surface area contributed by atoms with E-state index in [1.807, 2.05) is 12.1 Å². The van der Waals surface area contributed by atoms with Crippen molar-refractivity contribution in [1.82, 2.24) is 0 Å². The van der Waals surface area contributed by atoms with Crippen molar-refractivity contribution in [3.63, 3.8) is 0 Å². The molecule has 0 aromatic heterocycles. The number of halogens is 1. The summed E-state index contributed by atoms with van der Waals surface area (Å²) < 4.78 is 0. The first-order valence-electron chi connectivity index (χ1n) is 5.50. The molecule has 0 radical (unpaired) electrons. The zero-order valence-electron chi connectivity index (χ0n) is 9.33. The summed E-state index contributed by atoms with van der Waals surface area (Å²) in [4.78, 5) is 2.30. The molecule has 1 aliphatic heterocycles. The van der Waals surface area contributed by atoms with Gasteiger partial charge in [-0.1, -0.05) is 11.6 Å². The van der Waals surface area contributed by atoms with Gasteiger partial charge < -0.3 is 10.6 Å². The van der Waals surface area contributed by atoms with Crippen molar-refractivity contribution in [1.29, 1.82) is 5.41 Å². The normalized spacial score (nSPS) is 20.1. The maximum absolute atomic E-state index is 7.60. The molecule has 0 amide bonds. The second-order valence-corrected chi connectivity index (χ2v) is 4.70. The maximum atomic E-state index is 7.60. The van der Waals surface area contributed by atoms with Crippen LogP contribution in [0, 0.1) is 5.41 Å². The number of hydrogen-bond donors (Lipinski definition) is 2. The van der Waals surface area contributed by atoms with Gasteiger partial charge in [-0.15, -0.1) is 0 Å². The quantitative estimate of drug-likeness (QED) is 0.614. The highest BCUT2D eigenvalue weighted by atomic mass is 35.5. The Bertz CT molecular complexity index is 417. The monoisotopic (exact) mass is 237 g/mol. The van der Waals surface area contributed by atoms with E-state index in [1.54, 1.807) is 6.07 Å². The Morgan fingerprint density at radius 1 is 1.56 bits per heavy atom. The molecule has 16 heavy (non-hydrogen) atoms. The SMILES string of the molecule is CC1CCCN1c1ccc(Cl)cc1C(=N)N. The molecule has 1 fully saturated rings. The highest BCUT2D eigenvalue weighted by Crippen LogP contribution is 2.30. The smallest absolute Gasteiger partial charge is 0.124 e. The van der Waals surface area contributed by atoms with Crippen LogP contribution in [0.25, 0.3) is 0 Å². The fourth-order valence-corrected chi connectivity index (χ4v) is 2.44. The van der Waals surface area contributed by atoms with Crippen molar-refractivity contribution in [2.45, 2.75) is 25.8 Å². The molecule has 1 aliphatic rings. The van der Waals surface area contributed by atoms with Crippen LogP contribution in [-0.2, 0) is 0 Å². The summed E-state index contributed by atoms with van der Waals surface area (Å²) in [5.74, 6) is 0.0802. The molecule has 1 unspecified atom stereocenters. The van der Waals surface area contributed by atoms with Gasteiger partial charge >= 0.3 is 0 Å². The van der Waals surface area contributed by atoms with E-state index in [4.69, 9.17) is 22.7 Å². The van der Waals surface area contributed by atoms with E-state index in [9.17, 15) is 0 Å². The minimum atomic E-state index is 0.0802. The average molecular weight is 238 g/mol. The van der Waals surface area contributed by atoms with Crippen LogP contribution in [0.4, 0.5) is 5.69 Å². The number of rotatable bonds is 2. The first kappa shape index (κ1) is 11.3. The van der Waals surface area contributed by atoms with E-state index < -0.39 is 0 Å². The molecule has 0 spiro atoms. The molecule has 86 valence electrons. The molecule has 1 aromatic rings. The fraction of sp³-hybridized carbons (Fsp3) is 0.417. The minimum absolute atomic E-state index is 0.0802. The molecule has 3 nitrogen and oxygen atoms in total. The molecule has 0 saturated carbocycles. The molecule has 1 atom stereocenters. The third kappa shape index (κ3) is 2.00. The first-order valence-corrected chi connectivity index (χ1v) is 5.88. The molecular weight excluding hydrogens is 222 g/mol. The third-order valence-electron chi connectivity index (χ3n) is 3.11. The summed E-state index contributed by atoms with van der Waals surface area (Å²) in [6, 6.07) is 6.10. The van der Waals surface area contributed by atoms with Crippen molar-refractivity contribution >= 4 is 23.1 Å². The topological polar surface area (TPSA) is 53.1 Å². The van der Waals surface area contributed by atoms with Gasteiger partial charge in [0.1, 0.15) is 5.84 Å². The van der Waals surface area contributed by atoms with Gasteiger partial charge in [-0.05, 0) is 38.0 Å². The summed E-state index contributed by atoms with van der Waals surface area (Å²) in [5.41, 5.74) is 7.36. The lowest BCUT2D eigenvalue weighted by Gasteiger charge is -2.26. The minimum Gasteiger partial charge on any atom is -0.384 e. The standard InChI is InChI=1S/C12H16ClN3/c1-8-3-2-6-16(8)11-5-4-9(13)7-10(11)12(14)15/h4-5,7-8H,2-3,6H2,1H3,(H3,14,15).